The Balaban J connectivity index is 1.96. The number of ether oxygens (including phenoxy) is 1. The quantitative estimate of drug-likeness (QED) is 0.697. The zero-order valence-electron chi connectivity index (χ0n) is 14.4. The van der Waals surface area contributed by atoms with Crippen LogP contribution in [0.4, 0.5) is 5.82 Å². The predicted molar refractivity (Wildman–Crippen MR) is 99.5 cm³/mol. The number of nitrogens with one attached hydrogen (secondary N) is 1. The molecule has 1 aliphatic rings. The van der Waals surface area contributed by atoms with Crippen molar-refractivity contribution in [1.29, 1.82) is 0 Å². The van der Waals surface area contributed by atoms with Crippen molar-refractivity contribution < 1.29 is 14.3 Å². The Morgan fingerprint density at radius 3 is 2.44 bits per heavy atom. The lowest BCUT2D eigenvalue weighted by Gasteiger charge is -2.18. The maximum atomic E-state index is 12.7. The van der Waals surface area contributed by atoms with Crippen molar-refractivity contribution in [3.8, 4) is 17.2 Å². The van der Waals surface area contributed by atoms with Crippen molar-refractivity contribution in [3.05, 3.63) is 81.6 Å². The number of anilines is 1. The molecule has 1 aliphatic heterocycles. The van der Waals surface area contributed by atoms with Crippen LogP contribution in [0.1, 0.15) is 26.3 Å². The number of benzene rings is 2. The van der Waals surface area contributed by atoms with E-state index in [1.165, 1.54) is 4.57 Å². The zero-order chi connectivity index (χ0) is 19.1. The van der Waals surface area contributed by atoms with Gasteiger partial charge in [0.2, 0.25) is 0 Å². The van der Waals surface area contributed by atoms with Crippen LogP contribution in [0.2, 0.25) is 0 Å². The number of pyridine rings is 1. The Morgan fingerprint density at radius 1 is 0.963 bits per heavy atom. The summed E-state index contributed by atoms with van der Waals surface area (Å²) >= 11 is 0. The maximum absolute atomic E-state index is 12.7. The highest BCUT2D eigenvalue weighted by Crippen LogP contribution is 2.33. The number of amides is 2. The Hall–Kier alpha value is -3.87. The van der Waals surface area contributed by atoms with E-state index in [2.05, 4.69) is 5.32 Å². The molecule has 0 bridgehead atoms. The summed E-state index contributed by atoms with van der Waals surface area (Å²) in [6.45, 7) is 1.80. The van der Waals surface area contributed by atoms with Crippen LogP contribution in [-0.4, -0.2) is 16.4 Å². The van der Waals surface area contributed by atoms with Gasteiger partial charge in [0, 0.05) is 6.07 Å². The largest absolute Gasteiger partial charge is 0.455 e. The number of rotatable bonds is 3. The summed E-state index contributed by atoms with van der Waals surface area (Å²) in [5.74, 6) is -0.366. The van der Waals surface area contributed by atoms with E-state index in [9.17, 15) is 14.4 Å². The van der Waals surface area contributed by atoms with Crippen LogP contribution < -0.4 is 21.3 Å². The number of para-hydroxylation sites is 2. The number of aromatic nitrogens is 1. The van der Waals surface area contributed by atoms with E-state index in [1.807, 2.05) is 18.2 Å². The highest BCUT2D eigenvalue weighted by atomic mass is 16.5. The molecule has 2 aromatic carbocycles. The zero-order valence-corrected chi connectivity index (χ0v) is 14.4. The molecule has 1 aromatic heterocycles. The van der Waals surface area contributed by atoms with Crippen LogP contribution in [0.3, 0.4) is 0 Å². The van der Waals surface area contributed by atoms with E-state index in [1.54, 1.807) is 37.3 Å². The van der Waals surface area contributed by atoms with Gasteiger partial charge in [-0.05, 0) is 30.7 Å². The molecule has 134 valence electrons. The number of nitrogens with two attached hydrogens (primary N) is 1. The highest BCUT2D eigenvalue weighted by Gasteiger charge is 2.32. The van der Waals surface area contributed by atoms with Gasteiger partial charge in [-0.1, -0.05) is 30.3 Å². The summed E-state index contributed by atoms with van der Waals surface area (Å²) < 4.78 is 7.14. The van der Waals surface area contributed by atoms with Crippen LogP contribution >= 0.6 is 0 Å². The minimum absolute atomic E-state index is 0.00601. The van der Waals surface area contributed by atoms with Gasteiger partial charge in [0.05, 0.1) is 16.8 Å². The SMILES string of the molecule is Cc1cccc(Oc2ccccc2)c1-n1c(N)c2c(cc1=O)C(=O)NC2=O. The fraction of sp³-hybridized carbons (Fsp3) is 0.0500. The summed E-state index contributed by atoms with van der Waals surface area (Å²) in [7, 11) is 0. The Bertz CT molecular complexity index is 1150. The lowest BCUT2D eigenvalue weighted by atomic mass is 10.1. The first-order valence-electron chi connectivity index (χ1n) is 8.21. The minimum Gasteiger partial charge on any atom is -0.455 e. The van der Waals surface area contributed by atoms with Crippen LogP contribution in [0.15, 0.2) is 59.4 Å². The van der Waals surface area contributed by atoms with Gasteiger partial charge in [-0.25, -0.2) is 0 Å². The van der Waals surface area contributed by atoms with E-state index < -0.39 is 17.4 Å². The first kappa shape index (κ1) is 16.6. The minimum atomic E-state index is -0.628. The standard InChI is InChI=1S/C20H15N3O4/c1-11-6-5-9-14(27-12-7-3-2-4-8-12)17(11)23-15(24)10-13-16(18(23)21)20(26)22-19(13)25/h2-10H,21H2,1H3,(H,22,25,26). The molecule has 7 nitrogen and oxygen atoms in total. The van der Waals surface area contributed by atoms with Crippen LogP contribution in [-0.2, 0) is 0 Å². The van der Waals surface area contributed by atoms with Crippen molar-refractivity contribution in [2.24, 2.45) is 0 Å². The molecule has 2 amide bonds. The van der Waals surface area contributed by atoms with Gasteiger partial charge in [0.15, 0.2) is 5.75 Å². The van der Waals surface area contributed by atoms with E-state index in [4.69, 9.17) is 10.5 Å². The number of nitrogens with zero attached hydrogens (tertiary/aromatic N) is 1. The summed E-state index contributed by atoms with van der Waals surface area (Å²) in [6.07, 6.45) is 0. The first-order valence-corrected chi connectivity index (χ1v) is 8.21. The van der Waals surface area contributed by atoms with Crippen LogP contribution in [0, 0.1) is 6.92 Å². The van der Waals surface area contributed by atoms with Gasteiger partial charge in [-0.15, -0.1) is 0 Å². The average molecular weight is 361 g/mol. The topological polar surface area (TPSA) is 103 Å². The smallest absolute Gasteiger partial charge is 0.262 e. The molecule has 7 heteroatoms. The molecule has 27 heavy (non-hydrogen) atoms. The Morgan fingerprint density at radius 2 is 1.70 bits per heavy atom. The molecule has 0 radical (unpaired) electrons. The van der Waals surface area contributed by atoms with Gasteiger partial charge < -0.3 is 10.5 Å². The fourth-order valence-electron chi connectivity index (χ4n) is 3.13. The van der Waals surface area contributed by atoms with Crippen molar-refractivity contribution in [2.75, 3.05) is 5.73 Å². The van der Waals surface area contributed by atoms with Gasteiger partial charge in [0.1, 0.15) is 11.6 Å². The van der Waals surface area contributed by atoms with E-state index >= 15 is 0 Å². The second-order valence-corrected chi connectivity index (χ2v) is 6.11. The van der Waals surface area contributed by atoms with Gasteiger partial charge >= 0.3 is 0 Å². The van der Waals surface area contributed by atoms with Crippen LogP contribution in [0.25, 0.3) is 5.69 Å². The lowest BCUT2D eigenvalue weighted by molar-refractivity contribution is 0.0880. The third kappa shape index (κ3) is 2.65. The summed E-state index contributed by atoms with van der Waals surface area (Å²) in [5, 5.41) is 2.16. The molecule has 3 N–H and O–H groups in total. The third-order valence-electron chi connectivity index (χ3n) is 4.35. The molecule has 0 aliphatic carbocycles. The Kier molecular flexibility index (Phi) is 3.77. The number of aryl methyl sites for hydroxylation is 1. The summed E-state index contributed by atoms with van der Waals surface area (Å²) in [5.41, 5.74) is 6.74. The normalized spacial score (nSPS) is 12.6. The molecular weight excluding hydrogens is 346 g/mol. The number of hydrogen-bond acceptors (Lipinski definition) is 5. The maximum Gasteiger partial charge on any atom is 0.262 e. The van der Waals surface area contributed by atoms with Gasteiger partial charge in [0.25, 0.3) is 17.4 Å². The van der Waals surface area contributed by atoms with E-state index in [0.717, 1.165) is 11.6 Å². The second-order valence-electron chi connectivity index (χ2n) is 6.11. The number of fused-ring (bicyclic) bond motifs is 1. The van der Waals surface area contributed by atoms with Crippen LogP contribution in [0.5, 0.6) is 11.5 Å². The molecule has 0 saturated carbocycles. The summed E-state index contributed by atoms with van der Waals surface area (Å²) in [4.78, 5) is 36.7. The van der Waals surface area contributed by atoms with Gasteiger partial charge in [-0.3, -0.25) is 24.3 Å². The second kappa shape index (κ2) is 6.14. The lowest BCUT2D eigenvalue weighted by Crippen LogP contribution is -2.25. The molecule has 0 saturated heterocycles. The molecule has 0 atom stereocenters. The van der Waals surface area contributed by atoms with Crippen molar-refractivity contribution in [1.82, 2.24) is 9.88 Å². The van der Waals surface area contributed by atoms with Crippen molar-refractivity contribution in [2.45, 2.75) is 6.92 Å². The Labute approximate surface area is 154 Å². The van der Waals surface area contributed by atoms with Crippen molar-refractivity contribution >= 4 is 17.6 Å². The van der Waals surface area contributed by atoms with Crippen molar-refractivity contribution in [3.63, 3.8) is 0 Å². The molecular formula is C20H15N3O4. The summed E-state index contributed by atoms with van der Waals surface area (Å²) in [6, 6.07) is 15.5. The third-order valence-corrected chi connectivity index (χ3v) is 4.35. The highest BCUT2D eigenvalue weighted by molar-refractivity contribution is 6.23. The first-order chi connectivity index (χ1) is 13.0. The number of carbonyl (C=O) groups is 2. The molecule has 0 spiro atoms. The molecule has 0 fully saturated rings. The molecule has 4 rings (SSSR count). The average Bonchev–Trinajstić information content (AvgIpc) is 2.92. The monoisotopic (exact) mass is 361 g/mol. The molecule has 2 heterocycles. The number of imide groups is 1. The van der Waals surface area contributed by atoms with Gasteiger partial charge in [-0.2, -0.15) is 0 Å². The predicted octanol–water partition coefficient (Wildman–Crippen LogP) is 2.40. The van der Waals surface area contributed by atoms with E-state index in [0.29, 0.717) is 17.2 Å². The number of carbonyl (C=O) groups excluding carboxylic acids is 2. The molecule has 0 unspecified atom stereocenters. The number of hydrogen-bond donors (Lipinski definition) is 2. The fourth-order valence-corrected chi connectivity index (χ4v) is 3.13. The molecule has 3 aromatic rings. The number of nitrogen functional groups attached to an aromatic ring is 1. The van der Waals surface area contributed by atoms with E-state index in [-0.39, 0.29) is 16.9 Å².